The van der Waals surface area contributed by atoms with E-state index >= 15 is 0 Å². The van der Waals surface area contributed by atoms with E-state index in [0.29, 0.717) is 19.4 Å². The maximum Gasteiger partial charge on any atom is 0.243 e. The summed E-state index contributed by atoms with van der Waals surface area (Å²) in [7, 11) is 1.38. The fraction of sp³-hybridized carbons (Fsp3) is 0.778. The second kappa shape index (κ2) is 11.9. The Morgan fingerprint density at radius 2 is 1.86 bits per heavy atom. The van der Waals surface area contributed by atoms with Crippen LogP contribution in [0.25, 0.3) is 0 Å². The number of rotatable bonds is 5. The smallest absolute Gasteiger partial charge is 0.243 e. The Bertz CT molecular complexity index is 160. The average Bonchev–Trinajstić information content (AvgIpc) is 2.16. The van der Waals surface area contributed by atoms with E-state index in [1.165, 1.54) is 14.0 Å². The van der Waals surface area contributed by atoms with Crippen LogP contribution in [0.3, 0.4) is 0 Å². The standard InChI is InChI=1S/C7H14N2O3.C2H6/c1-6(10)8-5-3-4-7(11)9-12-2;1-2/h3-5H2,1-2H3,(H,8,10)(H,9,11);1-2H3. The van der Waals surface area contributed by atoms with E-state index in [-0.39, 0.29) is 11.8 Å². The van der Waals surface area contributed by atoms with Gasteiger partial charge >= 0.3 is 0 Å². The van der Waals surface area contributed by atoms with Crippen molar-refractivity contribution in [3.8, 4) is 0 Å². The van der Waals surface area contributed by atoms with Crippen LogP contribution in [0.1, 0.15) is 33.6 Å². The van der Waals surface area contributed by atoms with Gasteiger partial charge in [0, 0.05) is 19.9 Å². The molecule has 0 atom stereocenters. The summed E-state index contributed by atoms with van der Waals surface area (Å²) in [5.41, 5.74) is 2.18. The molecule has 0 rings (SSSR count). The number of carbonyl (C=O) groups is 2. The molecule has 0 aromatic carbocycles. The second-order valence-corrected chi connectivity index (χ2v) is 2.32. The van der Waals surface area contributed by atoms with E-state index in [1.54, 1.807) is 0 Å². The molecule has 5 nitrogen and oxygen atoms in total. The van der Waals surface area contributed by atoms with Crippen molar-refractivity contribution >= 4 is 11.8 Å². The lowest BCUT2D eigenvalue weighted by Crippen LogP contribution is -2.25. The summed E-state index contributed by atoms with van der Waals surface area (Å²) in [4.78, 5) is 25.5. The molecule has 14 heavy (non-hydrogen) atoms. The number of nitrogens with one attached hydrogen (secondary N) is 2. The molecular weight excluding hydrogens is 184 g/mol. The van der Waals surface area contributed by atoms with Crippen molar-refractivity contribution in [2.75, 3.05) is 13.7 Å². The Balaban J connectivity index is 0. The Hall–Kier alpha value is -1.10. The SMILES string of the molecule is CC.CONC(=O)CCCNC(C)=O. The molecular formula is C9H20N2O3. The zero-order valence-corrected chi connectivity index (χ0v) is 9.35. The fourth-order valence-corrected chi connectivity index (χ4v) is 0.678. The summed E-state index contributed by atoms with van der Waals surface area (Å²) in [6.45, 7) is 5.96. The van der Waals surface area contributed by atoms with Crippen molar-refractivity contribution in [3.05, 3.63) is 0 Å². The van der Waals surface area contributed by atoms with Crippen molar-refractivity contribution < 1.29 is 14.4 Å². The quantitative estimate of drug-likeness (QED) is 0.509. The van der Waals surface area contributed by atoms with E-state index < -0.39 is 0 Å². The van der Waals surface area contributed by atoms with E-state index in [1.807, 2.05) is 13.8 Å². The minimum Gasteiger partial charge on any atom is -0.356 e. The molecule has 0 fully saturated rings. The summed E-state index contributed by atoms with van der Waals surface area (Å²) >= 11 is 0. The van der Waals surface area contributed by atoms with Crippen molar-refractivity contribution in [2.24, 2.45) is 0 Å². The monoisotopic (exact) mass is 204 g/mol. The van der Waals surface area contributed by atoms with E-state index in [0.717, 1.165) is 0 Å². The lowest BCUT2D eigenvalue weighted by atomic mass is 10.3. The zero-order valence-electron chi connectivity index (χ0n) is 9.35. The van der Waals surface area contributed by atoms with E-state index in [4.69, 9.17) is 0 Å². The Labute approximate surface area is 85.2 Å². The molecule has 0 heterocycles. The van der Waals surface area contributed by atoms with Crippen LogP contribution in [0.15, 0.2) is 0 Å². The number of hydrogen-bond donors (Lipinski definition) is 2. The molecule has 5 heteroatoms. The van der Waals surface area contributed by atoms with Gasteiger partial charge in [-0.25, -0.2) is 5.48 Å². The predicted octanol–water partition coefficient (Wildman–Crippen LogP) is 0.606. The van der Waals surface area contributed by atoms with Gasteiger partial charge in [0.2, 0.25) is 11.8 Å². The minimum atomic E-state index is -0.178. The van der Waals surface area contributed by atoms with Gasteiger partial charge in [0.1, 0.15) is 0 Å². The molecule has 2 amide bonds. The first kappa shape index (κ1) is 15.4. The van der Waals surface area contributed by atoms with Crippen molar-refractivity contribution in [1.29, 1.82) is 0 Å². The Kier molecular flexibility index (Phi) is 13.1. The summed E-state index contributed by atoms with van der Waals surface area (Å²) in [6, 6.07) is 0. The first-order valence-electron chi connectivity index (χ1n) is 4.73. The molecule has 0 aliphatic rings. The highest BCUT2D eigenvalue weighted by molar-refractivity contribution is 5.75. The highest BCUT2D eigenvalue weighted by Crippen LogP contribution is 1.86. The fourth-order valence-electron chi connectivity index (χ4n) is 0.678. The van der Waals surface area contributed by atoms with Gasteiger partial charge in [-0.15, -0.1) is 0 Å². The van der Waals surface area contributed by atoms with Gasteiger partial charge in [-0.05, 0) is 6.42 Å². The van der Waals surface area contributed by atoms with E-state index in [9.17, 15) is 9.59 Å². The van der Waals surface area contributed by atoms with Crippen molar-refractivity contribution in [3.63, 3.8) is 0 Å². The van der Waals surface area contributed by atoms with Crippen LogP contribution in [0.4, 0.5) is 0 Å². The predicted molar refractivity (Wildman–Crippen MR) is 54.4 cm³/mol. The van der Waals surface area contributed by atoms with Gasteiger partial charge in [-0.1, -0.05) is 13.8 Å². The molecule has 0 saturated heterocycles. The van der Waals surface area contributed by atoms with Gasteiger partial charge < -0.3 is 5.32 Å². The van der Waals surface area contributed by atoms with Crippen LogP contribution in [0.5, 0.6) is 0 Å². The van der Waals surface area contributed by atoms with Crippen LogP contribution in [-0.2, 0) is 14.4 Å². The van der Waals surface area contributed by atoms with Crippen LogP contribution in [0, 0.1) is 0 Å². The topological polar surface area (TPSA) is 67.4 Å². The Morgan fingerprint density at radius 3 is 2.29 bits per heavy atom. The molecule has 0 radical (unpaired) electrons. The molecule has 0 saturated carbocycles. The first-order chi connectivity index (χ1) is 6.66. The van der Waals surface area contributed by atoms with Crippen molar-refractivity contribution in [2.45, 2.75) is 33.6 Å². The lowest BCUT2D eigenvalue weighted by Gasteiger charge is -2.02. The molecule has 0 unspecified atom stereocenters. The highest BCUT2D eigenvalue weighted by atomic mass is 16.6. The number of hydrogen-bond acceptors (Lipinski definition) is 3. The molecule has 0 spiro atoms. The van der Waals surface area contributed by atoms with Crippen LogP contribution in [0.2, 0.25) is 0 Å². The Morgan fingerprint density at radius 1 is 1.29 bits per heavy atom. The summed E-state index contributed by atoms with van der Waals surface area (Å²) in [5.74, 6) is -0.259. The minimum absolute atomic E-state index is 0.0813. The maximum absolute atomic E-state index is 10.7. The van der Waals surface area contributed by atoms with Gasteiger partial charge in [0.25, 0.3) is 0 Å². The van der Waals surface area contributed by atoms with Crippen LogP contribution >= 0.6 is 0 Å². The van der Waals surface area contributed by atoms with E-state index in [2.05, 4.69) is 15.6 Å². The third-order valence-corrected chi connectivity index (χ3v) is 1.17. The lowest BCUT2D eigenvalue weighted by molar-refractivity contribution is -0.131. The number of amides is 2. The number of carbonyl (C=O) groups excluding carboxylic acids is 2. The van der Waals surface area contributed by atoms with Crippen molar-refractivity contribution in [1.82, 2.24) is 10.8 Å². The molecule has 0 aliphatic carbocycles. The first-order valence-corrected chi connectivity index (χ1v) is 4.73. The van der Waals surface area contributed by atoms with Gasteiger partial charge in [-0.2, -0.15) is 0 Å². The summed E-state index contributed by atoms with van der Waals surface area (Å²) in [5, 5.41) is 2.58. The molecule has 84 valence electrons. The van der Waals surface area contributed by atoms with Crippen LogP contribution in [-0.4, -0.2) is 25.5 Å². The number of hydroxylamine groups is 1. The molecule has 0 bridgehead atoms. The second-order valence-electron chi connectivity index (χ2n) is 2.32. The van der Waals surface area contributed by atoms with Crippen LogP contribution < -0.4 is 10.8 Å². The third-order valence-electron chi connectivity index (χ3n) is 1.17. The summed E-state index contributed by atoms with van der Waals surface area (Å²) in [6.07, 6.45) is 0.975. The highest BCUT2D eigenvalue weighted by Gasteiger charge is 1.98. The van der Waals surface area contributed by atoms with Gasteiger partial charge in [-0.3, -0.25) is 14.4 Å². The molecule has 0 aliphatic heterocycles. The maximum atomic E-state index is 10.7. The third kappa shape index (κ3) is 13.5. The molecule has 2 N–H and O–H groups in total. The average molecular weight is 204 g/mol. The molecule has 0 aromatic heterocycles. The van der Waals surface area contributed by atoms with Gasteiger partial charge in [0.15, 0.2) is 0 Å². The normalized spacial score (nSPS) is 8.29. The van der Waals surface area contributed by atoms with Gasteiger partial charge in [0.05, 0.1) is 7.11 Å². The zero-order chi connectivity index (χ0) is 11.4. The summed E-state index contributed by atoms with van der Waals surface area (Å²) < 4.78 is 0. The largest absolute Gasteiger partial charge is 0.356 e. The molecule has 0 aromatic rings.